The predicted octanol–water partition coefficient (Wildman–Crippen LogP) is 1.90. The monoisotopic (exact) mass is 479 g/mol. The SMILES string of the molecule is NCc1ccc(CNC(=O)[C@@H]2CN(C(=O)O)CCN2C(=O)[C@H](N)CC2CCCCC2)cc1Cl. The lowest BCUT2D eigenvalue weighted by molar-refractivity contribution is -0.144. The van der Waals surface area contributed by atoms with Crippen LogP contribution in [0.15, 0.2) is 18.2 Å². The van der Waals surface area contributed by atoms with Crippen LogP contribution in [0.1, 0.15) is 49.7 Å². The number of piperazine rings is 1. The maximum absolute atomic E-state index is 13.2. The van der Waals surface area contributed by atoms with E-state index in [0.717, 1.165) is 41.7 Å². The first-order valence-electron chi connectivity index (χ1n) is 11.6. The Morgan fingerprint density at radius 3 is 2.55 bits per heavy atom. The normalized spacial score (nSPS) is 20.4. The van der Waals surface area contributed by atoms with Gasteiger partial charge in [0, 0.05) is 31.2 Å². The van der Waals surface area contributed by atoms with Gasteiger partial charge in [-0.2, -0.15) is 0 Å². The average Bonchev–Trinajstić information content (AvgIpc) is 2.82. The minimum atomic E-state index is -1.12. The van der Waals surface area contributed by atoms with Crippen molar-refractivity contribution in [2.45, 2.75) is 63.7 Å². The summed E-state index contributed by atoms with van der Waals surface area (Å²) in [5.41, 5.74) is 13.5. The fourth-order valence-electron chi connectivity index (χ4n) is 4.71. The Balaban J connectivity index is 1.67. The van der Waals surface area contributed by atoms with E-state index in [-0.39, 0.29) is 32.1 Å². The summed E-state index contributed by atoms with van der Waals surface area (Å²) in [6.45, 7) is 0.714. The Bertz CT molecular complexity index is 861. The third-order valence-corrected chi connectivity index (χ3v) is 7.02. The van der Waals surface area contributed by atoms with E-state index in [2.05, 4.69) is 5.32 Å². The van der Waals surface area contributed by atoms with Crippen LogP contribution in [-0.4, -0.2) is 64.5 Å². The lowest BCUT2D eigenvalue weighted by Gasteiger charge is -2.40. The molecular weight excluding hydrogens is 446 g/mol. The first-order chi connectivity index (χ1) is 15.8. The van der Waals surface area contributed by atoms with Crippen molar-refractivity contribution in [3.63, 3.8) is 0 Å². The van der Waals surface area contributed by atoms with Crippen molar-refractivity contribution in [3.05, 3.63) is 34.3 Å². The quantitative estimate of drug-likeness (QED) is 0.470. The van der Waals surface area contributed by atoms with Crippen LogP contribution in [-0.2, 0) is 22.7 Å². The Hall–Kier alpha value is -2.36. The average molecular weight is 480 g/mol. The molecule has 1 saturated heterocycles. The molecule has 0 aromatic heterocycles. The summed E-state index contributed by atoms with van der Waals surface area (Å²) in [7, 11) is 0. The second-order valence-electron chi connectivity index (χ2n) is 8.97. The standard InChI is InChI=1S/C23H34ClN5O4/c24-18-10-16(6-7-17(18)12-25)13-27-21(30)20-14-28(23(32)33)8-9-29(20)22(31)19(26)11-15-4-2-1-3-5-15/h6-7,10,15,19-20H,1-5,8-9,11-14,25-26H2,(H,27,30)(H,32,33)/t19-,20+/m1/s1. The largest absolute Gasteiger partial charge is 0.465 e. The number of benzene rings is 1. The van der Waals surface area contributed by atoms with Crippen LogP contribution in [0.4, 0.5) is 4.79 Å². The highest BCUT2D eigenvalue weighted by molar-refractivity contribution is 6.31. The molecule has 3 amide bonds. The molecule has 2 atom stereocenters. The molecule has 0 radical (unpaired) electrons. The second-order valence-corrected chi connectivity index (χ2v) is 9.38. The topological polar surface area (TPSA) is 142 Å². The van der Waals surface area contributed by atoms with Crippen molar-refractivity contribution in [1.29, 1.82) is 0 Å². The molecule has 0 bridgehead atoms. The van der Waals surface area contributed by atoms with E-state index in [4.69, 9.17) is 23.1 Å². The fourth-order valence-corrected chi connectivity index (χ4v) is 4.99. The molecule has 2 aliphatic rings. The molecule has 1 aromatic carbocycles. The van der Waals surface area contributed by atoms with Gasteiger partial charge in [-0.3, -0.25) is 9.59 Å². The number of nitrogens with two attached hydrogens (primary N) is 2. The van der Waals surface area contributed by atoms with Crippen molar-refractivity contribution in [2.24, 2.45) is 17.4 Å². The van der Waals surface area contributed by atoms with Crippen LogP contribution < -0.4 is 16.8 Å². The van der Waals surface area contributed by atoms with E-state index in [0.29, 0.717) is 23.9 Å². The molecule has 1 aliphatic carbocycles. The third-order valence-electron chi connectivity index (χ3n) is 6.67. The third kappa shape index (κ3) is 6.59. The number of rotatable bonds is 7. The Morgan fingerprint density at radius 1 is 1.18 bits per heavy atom. The lowest BCUT2D eigenvalue weighted by atomic mass is 9.84. The first kappa shape index (κ1) is 25.3. The minimum Gasteiger partial charge on any atom is -0.465 e. The van der Waals surface area contributed by atoms with E-state index in [1.807, 2.05) is 6.07 Å². The molecule has 0 spiro atoms. The highest BCUT2D eigenvalue weighted by atomic mass is 35.5. The Labute approximate surface area is 199 Å². The number of halogens is 1. The summed E-state index contributed by atoms with van der Waals surface area (Å²) >= 11 is 6.20. The summed E-state index contributed by atoms with van der Waals surface area (Å²) in [5, 5.41) is 12.8. The van der Waals surface area contributed by atoms with Crippen LogP contribution in [0, 0.1) is 5.92 Å². The number of hydrogen-bond acceptors (Lipinski definition) is 5. The van der Waals surface area contributed by atoms with E-state index < -0.39 is 24.1 Å². The zero-order valence-electron chi connectivity index (χ0n) is 18.8. The van der Waals surface area contributed by atoms with Crippen LogP contribution in [0.2, 0.25) is 5.02 Å². The van der Waals surface area contributed by atoms with Crippen LogP contribution in [0.5, 0.6) is 0 Å². The smallest absolute Gasteiger partial charge is 0.407 e. The molecule has 33 heavy (non-hydrogen) atoms. The van der Waals surface area contributed by atoms with E-state index in [1.54, 1.807) is 12.1 Å². The molecule has 9 nitrogen and oxygen atoms in total. The van der Waals surface area contributed by atoms with Crippen molar-refractivity contribution in [1.82, 2.24) is 15.1 Å². The highest BCUT2D eigenvalue weighted by Crippen LogP contribution is 2.27. The Kier molecular flexibility index (Phi) is 8.94. The van der Waals surface area contributed by atoms with Crippen molar-refractivity contribution in [3.8, 4) is 0 Å². The molecular formula is C23H34ClN5O4. The maximum atomic E-state index is 13.2. The molecule has 2 fully saturated rings. The highest BCUT2D eigenvalue weighted by Gasteiger charge is 2.39. The van der Waals surface area contributed by atoms with Gasteiger partial charge in [0.1, 0.15) is 6.04 Å². The number of hydrogen-bond donors (Lipinski definition) is 4. The van der Waals surface area contributed by atoms with Gasteiger partial charge in [0.05, 0.1) is 12.6 Å². The van der Waals surface area contributed by atoms with Crippen LogP contribution >= 0.6 is 11.6 Å². The van der Waals surface area contributed by atoms with Crippen LogP contribution in [0.25, 0.3) is 0 Å². The number of carbonyl (C=O) groups excluding carboxylic acids is 2. The molecule has 10 heteroatoms. The molecule has 182 valence electrons. The van der Waals surface area contributed by atoms with Crippen LogP contribution in [0.3, 0.4) is 0 Å². The summed E-state index contributed by atoms with van der Waals surface area (Å²) in [4.78, 5) is 40.4. The van der Waals surface area contributed by atoms with Crippen molar-refractivity contribution >= 4 is 29.5 Å². The lowest BCUT2D eigenvalue weighted by Crippen LogP contribution is -2.63. The number of carboxylic acid groups (broad SMARTS) is 1. The van der Waals surface area contributed by atoms with Gasteiger partial charge in [-0.15, -0.1) is 0 Å². The molecule has 3 rings (SSSR count). The number of amides is 3. The van der Waals surface area contributed by atoms with E-state index >= 15 is 0 Å². The second kappa shape index (κ2) is 11.7. The van der Waals surface area contributed by atoms with Gasteiger partial charge in [-0.1, -0.05) is 55.8 Å². The Morgan fingerprint density at radius 2 is 1.91 bits per heavy atom. The number of carbonyl (C=O) groups is 3. The molecule has 1 aromatic rings. The molecule has 1 heterocycles. The number of nitrogens with one attached hydrogen (secondary N) is 1. The van der Waals surface area contributed by atoms with Gasteiger partial charge >= 0.3 is 6.09 Å². The van der Waals surface area contributed by atoms with Gasteiger partial charge in [-0.05, 0) is 29.5 Å². The maximum Gasteiger partial charge on any atom is 0.407 e. The summed E-state index contributed by atoms with van der Waals surface area (Å²) < 4.78 is 0. The fraction of sp³-hybridized carbons (Fsp3) is 0.609. The van der Waals surface area contributed by atoms with Crippen molar-refractivity contribution < 1.29 is 19.5 Å². The zero-order chi connectivity index (χ0) is 24.0. The van der Waals surface area contributed by atoms with Gasteiger partial charge < -0.3 is 31.7 Å². The number of nitrogens with zero attached hydrogens (tertiary/aromatic N) is 2. The van der Waals surface area contributed by atoms with Gasteiger partial charge in [-0.25, -0.2) is 4.79 Å². The van der Waals surface area contributed by atoms with Crippen molar-refractivity contribution in [2.75, 3.05) is 19.6 Å². The molecule has 6 N–H and O–H groups in total. The zero-order valence-corrected chi connectivity index (χ0v) is 19.6. The first-order valence-corrected chi connectivity index (χ1v) is 12.0. The summed E-state index contributed by atoms with van der Waals surface area (Å²) in [6.07, 6.45) is 5.16. The summed E-state index contributed by atoms with van der Waals surface area (Å²) in [6, 6.07) is 3.73. The minimum absolute atomic E-state index is 0.0874. The van der Waals surface area contributed by atoms with E-state index in [1.165, 1.54) is 11.3 Å². The van der Waals surface area contributed by atoms with Gasteiger partial charge in [0.25, 0.3) is 0 Å². The molecule has 1 saturated carbocycles. The molecule has 0 unspecified atom stereocenters. The van der Waals surface area contributed by atoms with Gasteiger partial charge in [0.15, 0.2) is 0 Å². The predicted molar refractivity (Wildman–Crippen MR) is 125 cm³/mol. The molecule has 1 aliphatic heterocycles. The van der Waals surface area contributed by atoms with E-state index in [9.17, 15) is 19.5 Å². The summed E-state index contributed by atoms with van der Waals surface area (Å²) in [5.74, 6) is -0.286. The van der Waals surface area contributed by atoms with Gasteiger partial charge in [0.2, 0.25) is 11.8 Å².